The molecule has 0 saturated carbocycles. The number of aliphatic hydroxyl groups is 1. The number of nitrogens with two attached hydrogens (primary N) is 2. The predicted molar refractivity (Wildman–Crippen MR) is 113 cm³/mol. The molecule has 0 spiro atoms. The minimum Gasteiger partial charge on any atom is -0.482 e. The molecule has 0 aromatic carbocycles. The Morgan fingerprint density at radius 2 is 2.11 bits per heavy atom. The molecule has 0 aliphatic rings. The maximum atomic E-state index is 11.2. The first-order valence-corrected chi connectivity index (χ1v) is 8.92. The summed E-state index contributed by atoms with van der Waals surface area (Å²) in [5, 5.41) is 12.6. The van der Waals surface area contributed by atoms with E-state index < -0.39 is 5.91 Å². The van der Waals surface area contributed by atoms with Gasteiger partial charge >= 0.3 is 0 Å². The first-order chi connectivity index (χ1) is 13.0. The Hall–Kier alpha value is -2.59. The van der Waals surface area contributed by atoms with Crippen LogP contribution >= 0.6 is 13.5 Å². The number of carbonyl (C=O) groups excluding carboxylic acids is 1. The number of unbranched alkanes of at least 4 members (excludes halogenated alkanes) is 1. The highest BCUT2D eigenvalue weighted by molar-refractivity contribution is 7.59. The number of amides is 1. The Morgan fingerprint density at radius 3 is 2.79 bits per heavy atom. The van der Waals surface area contributed by atoms with Crippen molar-refractivity contribution in [3.05, 3.63) is 35.8 Å². The van der Waals surface area contributed by atoms with Gasteiger partial charge in [0, 0.05) is 12.6 Å². The number of ether oxygens (including phenoxy) is 1. The number of aliphatic hydroxyl groups excluding tert-OH is 1. The molecule has 28 heavy (non-hydrogen) atoms. The summed E-state index contributed by atoms with van der Waals surface area (Å²) in [6, 6.07) is 5.00. The van der Waals surface area contributed by atoms with Crippen LogP contribution in [0.1, 0.15) is 48.8 Å². The molecule has 0 aliphatic carbocycles. The van der Waals surface area contributed by atoms with Crippen molar-refractivity contribution in [3.8, 4) is 5.75 Å². The predicted octanol–water partition coefficient (Wildman–Crippen LogP) is 1.60. The van der Waals surface area contributed by atoms with E-state index in [-0.39, 0.29) is 44.4 Å². The number of hydrogen-bond donors (Lipinski definition) is 4. The third kappa shape index (κ3) is 7.20. The topological polar surface area (TPSA) is 149 Å². The lowest BCUT2D eigenvalue weighted by Gasteiger charge is -2.20. The maximum absolute atomic E-state index is 11.2. The van der Waals surface area contributed by atoms with Gasteiger partial charge in [0.05, 0.1) is 11.9 Å². The van der Waals surface area contributed by atoms with Gasteiger partial charge in [-0.05, 0) is 25.0 Å². The fourth-order valence-corrected chi connectivity index (χ4v) is 2.53. The largest absolute Gasteiger partial charge is 0.482 e. The van der Waals surface area contributed by atoms with Crippen LogP contribution in [-0.4, -0.2) is 38.6 Å². The van der Waals surface area contributed by atoms with Crippen molar-refractivity contribution in [1.29, 1.82) is 0 Å². The third-order valence-electron chi connectivity index (χ3n) is 3.93. The van der Waals surface area contributed by atoms with Gasteiger partial charge in [-0.15, -0.1) is 0 Å². The summed E-state index contributed by atoms with van der Waals surface area (Å²) in [6.07, 6.45) is 5.05. The zero-order valence-corrected chi connectivity index (χ0v) is 16.9. The Morgan fingerprint density at radius 1 is 1.32 bits per heavy atom. The zero-order valence-electron chi connectivity index (χ0n) is 15.9. The van der Waals surface area contributed by atoms with E-state index in [1.54, 1.807) is 18.2 Å². The van der Waals surface area contributed by atoms with Crippen molar-refractivity contribution < 1.29 is 14.6 Å². The second-order valence-corrected chi connectivity index (χ2v) is 6.10. The summed E-state index contributed by atoms with van der Waals surface area (Å²) in [5.41, 5.74) is 11.7. The number of aromatic nitrogens is 3. The Labute approximate surface area is 171 Å². The number of carbonyl (C=O) groups is 1. The van der Waals surface area contributed by atoms with Crippen LogP contribution in [0.15, 0.2) is 24.4 Å². The van der Waals surface area contributed by atoms with E-state index in [0.29, 0.717) is 23.7 Å². The van der Waals surface area contributed by atoms with Gasteiger partial charge < -0.3 is 26.6 Å². The van der Waals surface area contributed by atoms with Crippen LogP contribution in [0.4, 0.5) is 11.8 Å². The van der Waals surface area contributed by atoms with Gasteiger partial charge in [-0.25, -0.2) is 9.97 Å². The summed E-state index contributed by atoms with van der Waals surface area (Å²) in [6.45, 7) is 2.30. The minimum atomic E-state index is -0.599. The van der Waals surface area contributed by atoms with Gasteiger partial charge in [-0.3, -0.25) is 4.79 Å². The molecule has 0 saturated heterocycles. The molecule has 0 aliphatic heterocycles. The SMILES string of the molecule is CCCC[C@@H](CCO)Nc1nc(N)ncc1OCc1cccc(C(N)=O)n1.S. The average Bonchev–Trinajstić information content (AvgIpc) is 2.66. The molecule has 1 amide bonds. The van der Waals surface area contributed by atoms with Gasteiger partial charge in [-0.2, -0.15) is 18.5 Å². The van der Waals surface area contributed by atoms with Gasteiger partial charge in [0.2, 0.25) is 5.95 Å². The molecule has 0 fully saturated rings. The Kier molecular flexibility index (Phi) is 10.0. The number of hydrogen-bond acceptors (Lipinski definition) is 8. The molecule has 2 rings (SSSR count). The molecule has 6 N–H and O–H groups in total. The molecule has 2 aromatic heterocycles. The standard InChI is InChI=1S/C18H26N6O3.H2S/c1-2-3-5-12(8-9-25)23-17-15(10-21-18(20)24-17)27-11-13-6-4-7-14(22-13)16(19)26;/h4,6-7,10,12,25H,2-3,5,8-9,11H2,1H3,(H2,19,26)(H3,20,21,23,24);1H2/t12-;/m0./s1. The maximum Gasteiger partial charge on any atom is 0.267 e. The van der Waals surface area contributed by atoms with Crippen molar-refractivity contribution in [1.82, 2.24) is 15.0 Å². The minimum absolute atomic E-state index is 0. The lowest BCUT2D eigenvalue weighted by Crippen LogP contribution is -2.22. The second kappa shape index (κ2) is 12.0. The monoisotopic (exact) mass is 408 g/mol. The van der Waals surface area contributed by atoms with Crippen molar-refractivity contribution in [2.45, 2.75) is 45.3 Å². The number of nitrogens with one attached hydrogen (secondary N) is 1. The van der Waals surface area contributed by atoms with Gasteiger partial charge in [0.15, 0.2) is 11.6 Å². The van der Waals surface area contributed by atoms with E-state index in [1.165, 1.54) is 6.20 Å². The average molecular weight is 409 g/mol. The molecular formula is C18H28N6O3S. The summed E-state index contributed by atoms with van der Waals surface area (Å²) >= 11 is 0. The fourth-order valence-electron chi connectivity index (χ4n) is 2.53. The van der Waals surface area contributed by atoms with Crippen LogP contribution in [0.2, 0.25) is 0 Å². The van der Waals surface area contributed by atoms with Crippen LogP contribution in [-0.2, 0) is 6.61 Å². The first kappa shape index (κ1) is 23.4. The molecule has 1 atom stereocenters. The molecule has 0 bridgehead atoms. The van der Waals surface area contributed by atoms with E-state index in [2.05, 4.69) is 27.2 Å². The van der Waals surface area contributed by atoms with Crippen LogP contribution in [0.5, 0.6) is 5.75 Å². The molecule has 154 valence electrons. The highest BCUT2D eigenvalue weighted by atomic mass is 32.1. The quantitative estimate of drug-likeness (QED) is 0.438. The molecular weight excluding hydrogens is 380 g/mol. The highest BCUT2D eigenvalue weighted by Gasteiger charge is 2.14. The van der Waals surface area contributed by atoms with Crippen LogP contribution < -0.4 is 21.5 Å². The number of nitrogens with zero attached hydrogens (tertiary/aromatic N) is 3. The Balaban J connectivity index is 0.00000392. The molecule has 0 unspecified atom stereocenters. The van der Waals surface area contributed by atoms with Crippen molar-refractivity contribution in [3.63, 3.8) is 0 Å². The second-order valence-electron chi connectivity index (χ2n) is 6.10. The molecule has 2 heterocycles. The number of primary amides is 1. The van der Waals surface area contributed by atoms with Crippen LogP contribution in [0.3, 0.4) is 0 Å². The third-order valence-corrected chi connectivity index (χ3v) is 3.93. The molecule has 0 radical (unpaired) electrons. The highest BCUT2D eigenvalue weighted by Crippen LogP contribution is 2.25. The molecule has 2 aromatic rings. The van der Waals surface area contributed by atoms with Crippen molar-refractivity contribution in [2.24, 2.45) is 5.73 Å². The molecule has 9 nitrogen and oxygen atoms in total. The van der Waals surface area contributed by atoms with Crippen LogP contribution in [0, 0.1) is 0 Å². The molecule has 10 heteroatoms. The summed E-state index contributed by atoms with van der Waals surface area (Å²) in [4.78, 5) is 23.6. The number of nitrogen functional groups attached to an aromatic ring is 1. The number of anilines is 2. The van der Waals surface area contributed by atoms with Gasteiger partial charge in [0.1, 0.15) is 12.3 Å². The number of rotatable bonds is 11. The first-order valence-electron chi connectivity index (χ1n) is 8.92. The van der Waals surface area contributed by atoms with E-state index in [4.69, 9.17) is 16.2 Å². The summed E-state index contributed by atoms with van der Waals surface area (Å²) in [5.74, 6) is 0.396. The van der Waals surface area contributed by atoms with Crippen molar-refractivity contribution in [2.75, 3.05) is 17.7 Å². The van der Waals surface area contributed by atoms with E-state index >= 15 is 0 Å². The van der Waals surface area contributed by atoms with E-state index in [0.717, 1.165) is 19.3 Å². The zero-order chi connectivity index (χ0) is 19.6. The van der Waals surface area contributed by atoms with Crippen molar-refractivity contribution >= 4 is 31.2 Å². The fraction of sp³-hybridized carbons (Fsp3) is 0.444. The lowest BCUT2D eigenvalue weighted by molar-refractivity contribution is 0.0995. The summed E-state index contributed by atoms with van der Waals surface area (Å²) < 4.78 is 5.78. The van der Waals surface area contributed by atoms with Gasteiger partial charge in [0.25, 0.3) is 5.91 Å². The summed E-state index contributed by atoms with van der Waals surface area (Å²) in [7, 11) is 0. The lowest BCUT2D eigenvalue weighted by atomic mass is 10.1. The smallest absolute Gasteiger partial charge is 0.267 e. The normalized spacial score (nSPS) is 11.4. The number of pyridine rings is 1. The van der Waals surface area contributed by atoms with Gasteiger partial charge in [-0.1, -0.05) is 25.8 Å². The Bertz CT molecular complexity index is 762. The van der Waals surface area contributed by atoms with E-state index in [9.17, 15) is 9.90 Å². The van der Waals surface area contributed by atoms with E-state index in [1.807, 2.05) is 0 Å². The van der Waals surface area contributed by atoms with Crippen LogP contribution in [0.25, 0.3) is 0 Å².